The van der Waals surface area contributed by atoms with Crippen LogP contribution in [0.15, 0.2) is 0 Å². The third kappa shape index (κ3) is 3450. The molecule has 0 aliphatic heterocycles. The molecule has 10 heavy (non-hydrogen) atoms. The van der Waals surface area contributed by atoms with Gasteiger partial charge in [0.25, 0.3) is 0 Å². The zero-order valence-corrected chi connectivity index (χ0v) is 7.58. The van der Waals surface area contributed by atoms with Gasteiger partial charge in [-0.2, -0.15) is 0 Å². The molecule has 0 radical (unpaired) electrons. The number of hydrogen-bond acceptors (Lipinski definition) is 5. The van der Waals surface area contributed by atoms with Gasteiger partial charge in [0, 0.05) is 10.4 Å². The summed E-state index contributed by atoms with van der Waals surface area (Å²) in [6.45, 7) is 3.22. The van der Waals surface area contributed by atoms with E-state index in [1.807, 2.05) is 0 Å². The van der Waals surface area contributed by atoms with Gasteiger partial charge < -0.3 is 14.2 Å². The first-order valence-electron chi connectivity index (χ1n) is 2.06. The molecule has 0 bridgehead atoms. The van der Waals surface area contributed by atoms with Gasteiger partial charge in [0.2, 0.25) is 0 Å². The van der Waals surface area contributed by atoms with Crippen LogP contribution in [0.3, 0.4) is 0 Å². The first kappa shape index (κ1) is 16.8. The molecule has 0 aliphatic rings. The van der Waals surface area contributed by atoms with E-state index in [2.05, 4.69) is 0 Å². The van der Waals surface area contributed by atoms with E-state index in [9.17, 15) is 5.11 Å². The Morgan fingerprint density at radius 2 is 1.20 bits per heavy atom. The maximum Gasteiger partial charge on any atom is 3.00 e. The average molecular weight is 182 g/mol. The summed E-state index contributed by atoms with van der Waals surface area (Å²) in [7, 11) is -5.17. The van der Waals surface area contributed by atoms with Crippen molar-refractivity contribution in [3.8, 4) is 0 Å². The molecule has 58 valence electrons. The maximum absolute atomic E-state index is 9.53. The molecule has 0 saturated heterocycles. The minimum Gasteiger partial charge on any atom is -0.852 e. The van der Waals surface area contributed by atoms with Gasteiger partial charge in [-0.05, 0) is 0 Å². The molecule has 0 unspecified atom stereocenters. The van der Waals surface area contributed by atoms with E-state index in [4.69, 9.17) is 17.5 Å². The summed E-state index contributed by atoms with van der Waals surface area (Å²) < 4.78 is 34.1. The van der Waals surface area contributed by atoms with Crippen LogP contribution in [-0.4, -0.2) is 41.0 Å². The Labute approximate surface area is 70.8 Å². The Bertz CT molecular complexity index is 128. The molecule has 0 heterocycles. The standard InChI is InChI=1S/C3H7O.Al.H2O4S/c1-3(2)4;;1-5(2,3)4/h3H,1-2H3;;(H2,1,2,3,4)/q-1;+3;/p-2. The van der Waals surface area contributed by atoms with E-state index in [0.717, 1.165) is 0 Å². The maximum atomic E-state index is 9.53. The van der Waals surface area contributed by atoms with Gasteiger partial charge in [0.15, 0.2) is 0 Å². The molecule has 0 atom stereocenters. The topological polar surface area (TPSA) is 103 Å². The zero-order chi connectivity index (χ0) is 8.08. The summed E-state index contributed by atoms with van der Waals surface area (Å²) in [5, 5.41) is 9.53. The van der Waals surface area contributed by atoms with Crippen molar-refractivity contribution in [2.45, 2.75) is 20.0 Å². The van der Waals surface area contributed by atoms with E-state index < -0.39 is 16.5 Å². The van der Waals surface area contributed by atoms with E-state index in [0.29, 0.717) is 0 Å². The second kappa shape index (κ2) is 7.47. The van der Waals surface area contributed by atoms with E-state index >= 15 is 0 Å². The average Bonchev–Trinajstić information content (AvgIpc) is 1.19. The molecular formula is C3H7AlO5S. The summed E-state index contributed by atoms with van der Waals surface area (Å²) in [5.74, 6) is 0. The molecule has 0 rings (SSSR count). The van der Waals surface area contributed by atoms with Crippen molar-refractivity contribution in [1.29, 1.82) is 0 Å². The van der Waals surface area contributed by atoms with Gasteiger partial charge in [-0.25, -0.2) is 0 Å². The van der Waals surface area contributed by atoms with Gasteiger partial charge in [0.1, 0.15) is 0 Å². The second-order valence-electron chi connectivity index (χ2n) is 1.46. The van der Waals surface area contributed by atoms with Crippen LogP contribution < -0.4 is 5.11 Å². The van der Waals surface area contributed by atoms with Gasteiger partial charge in [-0.15, -0.1) is 6.10 Å². The van der Waals surface area contributed by atoms with E-state index in [1.54, 1.807) is 13.8 Å². The normalized spacial score (nSPS) is 9.40. The first-order chi connectivity index (χ1) is 3.73. The quantitative estimate of drug-likeness (QED) is 0.245. The Morgan fingerprint density at radius 3 is 1.20 bits per heavy atom. The Kier molecular flexibility index (Phi) is 12.5. The van der Waals surface area contributed by atoms with Gasteiger partial charge in [-0.3, -0.25) is 8.42 Å². The molecule has 0 amide bonds. The summed E-state index contributed by atoms with van der Waals surface area (Å²) in [6, 6.07) is 0. The molecule has 7 heteroatoms. The predicted octanol–water partition coefficient (Wildman–Crippen LogP) is -1.96. The molecule has 0 fully saturated rings. The molecule has 0 spiro atoms. The zero-order valence-electron chi connectivity index (χ0n) is 5.60. The molecule has 5 nitrogen and oxygen atoms in total. The smallest absolute Gasteiger partial charge is 0.852 e. The van der Waals surface area contributed by atoms with Crippen LogP contribution in [0.4, 0.5) is 0 Å². The van der Waals surface area contributed by atoms with Crippen LogP contribution in [0.1, 0.15) is 13.8 Å². The van der Waals surface area contributed by atoms with Crippen molar-refractivity contribution in [3.63, 3.8) is 0 Å². The Balaban J connectivity index is -0.0000000910. The van der Waals surface area contributed by atoms with Gasteiger partial charge in [0.05, 0.1) is 0 Å². The van der Waals surface area contributed by atoms with Crippen molar-refractivity contribution < 1.29 is 22.6 Å². The predicted molar refractivity (Wildman–Crippen MR) is 31.4 cm³/mol. The van der Waals surface area contributed by atoms with Crippen LogP contribution in [0, 0.1) is 0 Å². The van der Waals surface area contributed by atoms with Crippen LogP contribution in [-0.2, 0) is 10.4 Å². The third-order valence-electron chi connectivity index (χ3n) is 0. The second-order valence-corrected chi connectivity index (χ2v) is 2.27. The van der Waals surface area contributed by atoms with Crippen molar-refractivity contribution in [2.75, 3.05) is 0 Å². The van der Waals surface area contributed by atoms with Gasteiger partial charge >= 0.3 is 17.4 Å². The van der Waals surface area contributed by atoms with Gasteiger partial charge in [-0.1, -0.05) is 13.8 Å². The molecule has 0 aromatic heterocycles. The monoisotopic (exact) mass is 182 g/mol. The van der Waals surface area contributed by atoms with Crippen molar-refractivity contribution in [3.05, 3.63) is 0 Å². The van der Waals surface area contributed by atoms with Crippen LogP contribution >= 0.6 is 0 Å². The van der Waals surface area contributed by atoms with Crippen LogP contribution in [0.25, 0.3) is 0 Å². The van der Waals surface area contributed by atoms with Crippen LogP contribution in [0.5, 0.6) is 0 Å². The first-order valence-corrected chi connectivity index (χ1v) is 3.39. The fourth-order valence-corrected chi connectivity index (χ4v) is 0. The van der Waals surface area contributed by atoms with E-state index in [-0.39, 0.29) is 17.4 Å². The minimum absolute atomic E-state index is 0. The van der Waals surface area contributed by atoms with Crippen molar-refractivity contribution >= 4 is 27.8 Å². The van der Waals surface area contributed by atoms with Crippen molar-refractivity contribution in [2.24, 2.45) is 0 Å². The third-order valence-corrected chi connectivity index (χ3v) is 0. The SMILES string of the molecule is CC(C)[O-].O=S(=O)([O-])[O-].[Al+3]. The Morgan fingerprint density at radius 1 is 1.20 bits per heavy atom. The fourth-order valence-electron chi connectivity index (χ4n) is 0. The molecule has 0 aliphatic carbocycles. The largest absolute Gasteiger partial charge is 3.00 e. The molecule has 0 N–H and O–H groups in total. The Hall–Kier alpha value is 0.362. The molecular weight excluding hydrogens is 175 g/mol. The van der Waals surface area contributed by atoms with Crippen LogP contribution in [0.2, 0.25) is 0 Å². The molecule has 0 aromatic rings. The van der Waals surface area contributed by atoms with Crippen molar-refractivity contribution in [1.82, 2.24) is 0 Å². The number of hydrogen-bond donors (Lipinski definition) is 0. The summed E-state index contributed by atoms with van der Waals surface area (Å²) in [6.07, 6.45) is -0.417. The molecule has 0 saturated carbocycles. The fraction of sp³-hybridized carbons (Fsp3) is 1.00. The van der Waals surface area contributed by atoms with E-state index in [1.165, 1.54) is 0 Å². The summed E-state index contributed by atoms with van der Waals surface area (Å²) >= 11 is 0. The number of rotatable bonds is 0. The minimum atomic E-state index is -5.17. The summed E-state index contributed by atoms with van der Waals surface area (Å²) in [4.78, 5) is 0. The summed E-state index contributed by atoms with van der Waals surface area (Å²) in [5.41, 5.74) is 0. The molecule has 0 aromatic carbocycles.